The quantitative estimate of drug-likeness (QED) is 0.887. The smallest absolute Gasteiger partial charge is 0.244 e. The van der Waals surface area contributed by atoms with Gasteiger partial charge in [-0.25, -0.2) is 12.8 Å². The molecule has 1 saturated heterocycles. The van der Waals surface area contributed by atoms with E-state index < -0.39 is 21.4 Å². The van der Waals surface area contributed by atoms with Gasteiger partial charge in [-0.05, 0) is 53.9 Å². The summed E-state index contributed by atoms with van der Waals surface area (Å²) in [6, 6.07) is 3.51. The molecule has 0 aromatic heterocycles. The Balaban J connectivity index is 2.28. The molecule has 4 nitrogen and oxygen atoms in total. The van der Waals surface area contributed by atoms with Gasteiger partial charge in [0, 0.05) is 17.6 Å². The zero-order valence-electron chi connectivity index (χ0n) is 10.4. The predicted molar refractivity (Wildman–Crippen MR) is 72.7 cm³/mol. The molecular formula is C12H15BrFNO3S. The first kappa shape index (κ1) is 14.9. The molecule has 0 aliphatic carbocycles. The number of hydrogen-bond donors (Lipinski definition) is 1. The molecule has 1 aliphatic heterocycles. The van der Waals surface area contributed by atoms with Crippen LogP contribution in [0.1, 0.15) is 19.8 Å². The van der Waals surface area contributed by atoms with Gasteiger partial charge in [0.15, 0.2) is 0 Å². The summed E-state index contributed by atoms with van der Waals surface area (Å²) in [5.41, 5.74) is -0.813. The molecule has 106 valence electrons. The van der Waals surface area contributed by atoms with E-state index in [-0.39, 0.29) is 22.5 Å². The van der Waals surface area contributed by atoms with Gasteiger partial charge in [0.1, 0.15) is 5.82 Å². The Morgan fingerprint density at radius 1 is 1.37 bits per heavy atom. The summed E-state index contributed by atoms with van der Waals surface area (Å²) in [7, 11) is -3.65. The fourth-order valence-electron chi connectivity index (χ4n) is 2.03. The Bertz CT molecular complexity index is 579. The number of rotatable bonds is 2. The third-order valence-electron chi connectivity index (χ3n) is 3.31. The van der Waals surface area contributed by atoms with Crippen LogP contribution in [0, 0.1) is 5.82 Å². The van der Waals surface area contributed by atoms with E-state index in [2.05, 4.69) is 15.9 Å². The van der Waals surface area contributed by atoms with Crippen molar-refractivity contribution in [2.75, 3.05) is 13.1 Å². The van der Waals surface area contributed by atoms with Crippen molar-refractivity contribution in [3.63, 3.8) is 0 Å². The normalized spacial score (nSPS) is 20.4. The highest BCUT2D eigenvalue weighted by molar-refractivity contribution is 9.10. The van der Waals surface area contributed by atoms with Gasteiger partial charge in [-0.3, -0.25) is 0 Å². The van der Waals surface area contributed by atoms with Crippen LogP contribution in [0.2, 0.25) is 0 Å². The summed E-state index contributed by atoms with van der Waals surface area (Å²) in [6.45, 7) is 2.23. The second-order valence-corrected chi connectivity index (χ2v) is 7.74. The summed E-state index contributed by atoms with van der Waals surface area (Å²) in [4.78, 5) is 0.0513. The van der Waals surface area contributed by atoms with E-state index in [1.807, 2.05) is 0 Å². The molecule has 0 saturated carbocycles. The molecule has 7 heteroatoms. The number of hydrogen-bond acceptors (Lipinski definition) is 3. The summed E-state index contributed by atoms with van der Waals surface area (Å²) in [5.74, 6) is -0.493. The number of benzene rings is 1. The molecule has 0 radical (unpaired) electrons. The van der Waals surface area contributed by atoms with E-state index in [0.717, 1.165) is 12.1 Å². The molecule has 1 heterocycles. The van der Waals surface area contributed by atoms with Crippen LogP contribution < -0.4 is 0 Å². The zero-order valence-corrected chi connectivity index (χ0v) is 12.8. The van der Waals surface area contributed by atoms with Crippen LogP contribution in [-0.4, -0.2) is 36.5 Å². The van der Waals surface area contributed by atoms with E-state index in [9.17, 15) is 17.9 Å². The molecule has 0 bridgehead atoms. The first-order chi connectivity index (χ1) is 8.72. The molecule has 1 aromatic carbocycles. The standard InChI is InChI=1S/C12H15BrFNO3S/c1-12(16)4-6-15(7-5-12)19(17,18)11-3-2-9(14)8-10(11)13/h2-3,8,16H,4-7H2,1H3. The summed E-state index contributed by atoms with van der Waals surface area (Å²) in [5, 5.41) is 9.84. The average Bonchev–Trinajstić information content (AvgIpc) is 2.27. The summed E-state index contributed by atoms with van der Waals surface area (Å²) < 4.78 is 39.4. The van der Waals surface area contributed by atoms with Gasteiger partial charge in [0.05, 0.1) is 10.5 Å². The summed E-state index contributed by atoms with van der Waals surface area (Å²) in [6.07, 6.45) is 0.788. The van der Waals surface area contributed by atoms with Gasteiger partial charge < -0.3 is 5.11 Å². The maximum atomic E-state index is 13.0. The van der Waals surface area contributed by atoms with Crippen molar-refractivity contribution in [1.82, 2.24) is 4.31 Å². The fraction of sp³-hybridized carbons (Fsp3) is 0.500. The molecule has 2 rings (SSSR count). The van der Waals surface area contributed by atoms with Crippen molar-refractivity contribution in [2.45, 2.75) is 30.3 Å². The van der Waals surface area contributed by atoms with Gasteiger partial charge in [0.25, 0.3) is 0 Å². The van der Waals surface area contributed by atoms with E-state index in [1.165, 1.54) is 10.4 Å². The molecule has 0 unspecified atom stereocenters. The Kier molecular flexibility index (Phi) is 4.02. The van der Waals surface area contributed by atoms with Crippen LogP contribution in [0.5, 0.6) is 0 Å². The molecule has 1 aromatic rings. The topological polar surface area (TPSA) is 57.6 Å². The van der Waals surface area contributed by atoms with Crippen LogP contribution in [0.25, 0.3) is 0 Å². The van der Waals surface area contributed by atoms with Crippen molar-refractivity contribution < 1.29 is 17.9 Å². The Morgan fingerprint density at radius 2 is 1.95 bits per heavy atom. The SMILES string of the molecule is CC1(O)CCN(S(=O)(=O)c2ccc(F)cc2Br)CC1. The van der Waals surface area contributed by atoms with Gasteiger partial charge in [-0.15, -0.1) is 0 Å². The van der Waals surface area contributed by atoms with Crippen LogP contribution in [-0.2, 0) is 10.0 Å². The van der Waals surface area contributed by atoms with Crippen LogP contribution in [0.3, 0.4) is 0 Å². The van der Waals surface area contributed by atoms with E-state index in [4.69, 9.17) is 0 Å². The monoisotopic (exact) mass is 351 g/mol. The molecule has 1 aliphatic rings. The Morgan fingerprint density at radius 3 is 2.47 bits per heavy atom. The van der Waals surface area contributed by atoms with E-state index in [0.29, 0.717) is 12.8 Å². The van der Waals surface area contributed by atoms with Crippen LogP contribution >= 0.6 is 15.9 Å². The maximum absolute atomic E-state index is 13.0. The van der Waals surface area contributed by atoms with Gasteiger partial charge >= 0.3 is 0 Å². The third-order valence-corrected chi connectivity index (χ3v) is 6.19. The maximum Gasteiger partial charge on any atom is 0.244 e. The molecule has 0 spiro atoms. The second kappa shape index (κ2) is 5.12. The number of halogens is 2. The molecular weight excluding hydrogens is 337 g/mol. The fourth-order valence-corrected chi connectivity index (χ4v) is 4.48. The highest BCUT2D eigenvalue weighted by atomic mass is 79.9. The number of nitrogens with zero attached hydrogens (tertiary/aromatic N) is 1. The highest BCUT2D eigenvalue weighted by Gasteiger charge is 2.34. The zero-order chi connectivity index (χ0) is 14.3. The van der Waals surface area contributed by atoms with Crippen molar-refractivity contribution >= 4 is 26.0 Å². The Labute approximate surface area is 120 Å². The van der Waals surface area contributed by atoms with Crippen LogP contribution in [0.15, 0.2) is 27.6 Å². The van der Waals surface area contributed by atoms with Gasteiger partial charge in [0.2, 0.25) is 10.0 Å². The lowest BCUT2D eigenvalue weighted by Gasteiger charge is -2.35. The van der Waals surface area contributed by atoms with Crippen molar-refractivity contribution in [1.29, 1.82) is 0 Å². The highest BCUT2D eigenvalue weighted by Crippen LogP contribution is 2.30. The van der Waals surface area contributed by atoms with Crippen molar-refractivity contribution in [3.8, 4) is 0 Å². The van der Waals surface area contributed by atoms with E-state index in [1.54, 1.807) is 6.92 Å². The number of aliphatic hydroxyl groups is 1. The lowest BCUT2D eigenvalue weighted by Crippen LogP contribution is -2.45. The second-order valence-electron chi connectivity index (χ2n) is 4.98. The van der Waals surface area contributed by atoms with E-state index >= 15 is 0 Å². The van der Waals surface area contributed by atoms with Crippen molar-refractivity contribution in [2.24, 2.45) is 0 Å². The Hall–Kier alpha value is -0.500. The summed E-state index contributed by atoms with van der Waals surface area (Å²) >= 11 is 3.08. The largest absolute Gasteiger partial charge is 0.390 e. The molecule has 1 fully saturated rings. The number of piperidine rings is 1. The average molecular weight is 352 g/mol. The molecule has 0 atom stereocenters. The predicted octanol–water partition coefficient (Wildman–Crippen LogP) is 2.12. The first-order valence-electron chi connectivity index (χ1n) is 5.90. The first-order valence-corrected chi connectivity index (χ1v) is 8.13. The minimum atomic E-state index is -3.65. The van der Waals surface area contributed by atoms with Gasteiger partial charge in [-0.2, -0.15) is 4.31 Å². The molecule has 0 amide bonds. The van der Waals surface area contributed by atoms with Crippen LogP contribution in [0.4, 0.5) is 4.39 Å². The molecule has 19 heavy (non-hydrogen) atoms. The lowest BCUT2D eigenvalue weighted by atomic mass is 9.95. The third kappa shape index (κ3) is 3.16. The molecule has 1 N–H and O–H groups in total. The van der Waals surface area contributed by atoms with Crippen molar-refractivity contribution in [3.05, 3.63) is 28.5 Å². The number of sulfonamides is 1. The van der Waals surface area contributed by atoms with Gasteiger partial charge in [-0.1, -0.05) is 0 Å². The lowest BCUT2D eigenvalue weighted by molar-refractivity contribution is 0.0126. The minimum absolute atomic E-state index is 0.0513. The minimum Gasteiger partial charge on any atom is -0.390 e.